The number of β-amino-alcohol motifs (C(OH)–C–C–N with tert-alkyl or cyclic N) is 1. The predicted molar refractivity (Wildman–Crippen MR) is 52.0 cm³/mol. The average molecular weight is 201 g/mol. The van der Waals surface area contributed by atoms with Gasteiger partial charge in [-0.15, -0.1) is 0 Å². The number of morpholine rings is 1. The van der Waals surface area contributed by atoms with E-state index in [1.165, 1.54) is 12.8 Å². The van der Waals surface area contributed by atoms with Crippen LogP contribution < -0.4 is 0 Å². The molecule has 2 aliphatic rings. The normalized spacial score (nSPS) is 35.6. The van der Waals surface area contributed by atoms with Crippen LogP contribution in [0.15, 0.2) is 0 Å². The Kier molecular flexibility index (Phi) is 3.38. The second-order valence-electron chi connectivity index (χ2n) is 4.24. The molecule has 2 N–H and O–H groups in total. The van der Waals surface area contributed by atoms with E-state index in [9.17, 15) is 5.11 Å². The van der Waals surface area contributed by atoms with Crippen LogP contribution in [-0.4, -0.2) is 59.7 Å². The van der Waals surface area contributed by atoms with Crippen molar-refractivity contribution in [2.24, 2.45) is 0 Å². The molecule has 0 aromatic carbocycles. The van der Waals surface area contributed by atoms with E-state index in [0.717, 1.165) is 19.6 Å². The molecular weight excluding hydrogens is 182 g/mol. The van der Waals surface area contributed by atoms with Gasteiger partial charge in [-0.3, -0.25) is 4.90 Å². The van der Waals surface area contributed by atoms with Crippen molar-refractivity contribution in [2.75, 3.05) is 26.3 Å². The fourth-order valence-corrected chi connectivity index (χ4v) is 2.56. The Morgan fingerprint density at radius 3 is 3.07 bits per heavy atom. The van der Waals surface area contributed by atoms with Gasteiger partial charge in [-0.25, -0.2) is 0 Å². The lowest BCUT2D eigenvalue weighted by atomic mass is 10.1. The second kappa shape index (κ2) is 4.57. The van der Waals surface area contributed by atoms with Crippen LogP contribution in [0.5, 0.6) is 0 Å². The van der Waals surface area contributed by atoms with Crippen LogP contribution in [0.3, 0.4) is 0 Å². The SMILES string of the molecule is OCC(O)CN1CCOC2CCCC21. The number of nitrogens with zero attached hydrogens (tertiary/aromatic N) is 1. The molecule has 14 heavy (non-hydrogen) atoms. The predicted octanol–water partition coefficient (Wildman–Crippen LogP) is -0.407. The summed E-state index contributed by atoms with van der Waals surface area (Å²) in [6, 6.07) is 0.477. The van der Waals surface area contributed by atoms with Crippen LogP contribution in [0.25, 0.3) is 0 Å². The molecule has 1 saturated heterocycles. The quantitative estimate of drug-likeness (QED) is 0.652. The minimum Gasteiger partial charge on any atom is -0.394 e. The lowest BCUT2D eigenvalue weighted by molar-refractivity contribution is -0.0712. The maximum absolute atomic E-state index is 9.40. The number of hydrogen-bond acceptors (Lipinski definition) is 4. The third-order valence-corrected chi connectivity index (χ3v) is 3.25. The minimum absolute atomic E-state index is 0.144. The molecule has 0 amide bonds. The van der Waals surface area contributed by atoms with Crippen LogP contribution >= 0.6 is 0 Å². The van der Waals surface area contributed by atoms with Crippen LogP contribution in [0.2, 0.25) is 0 Å². The summed E-state index contributed by atoms with van der Waals surface area (Å²) in [4.78, 5) is 2.27. The molecular formula is C10H19NO3. The van der Waals surface area contributed by atoms with E-state index in [0.29, 0.717) is 18.7 Å². The van der Waals surface area contributed by atoms with Gasteiger partial charge in [0.15, 0.2) is 0 Å². The molecule has 2 rings (SSSR count). The van der Waals surface area contributed by atoms with Gasteiger partial charge in [0.1, 0.15) is 0 Å². The topological polar surface area (TPSA) is 52.9 Å². The third-order valence-electron chi connectivity index (χ3n) is 3.25. The molecule has 82 valence electrons. The number of aliphatic hydroxyl groups is 2. The number of fused-ring (bicyclic) bond motifs is 1. The fourth-order valence-electron chi connectivity index (χ4n) is 2.56. The molecule has 0 aromatic heterocycles. The number of hydrogen-bond donors (Lipinski definition) is 2. The molecule has 1 saturated carbocycles. The summed E-state index contributed by atoms with van der Waals surface area (Å²) in [6.45, 7) is 2.09. The van der Waals surface area contributed by atoms with Crippen LogP contribution in [0.1, 0.15) is 19.3 Å². The van der Waals surface area contributed by atoms with Gasteiger partial charge in [-0.2, -0.15) is 0 Å². The summed E-state index contributed by atoms with van der Waals surface area (Å²) < 4.78 is 5.66. The highest BCUT2D eigenvalue weighted by atomic mass is 16.5. The summed E-state index contributed by atoms with van der Waals surface area (Å²) in [7, 11) is 0. The summed E-state index contributed by atoms with van der Waals surface area (Å²) in [5, 5.41) is 18.2. The summed E-state index contributed by atoms with van der Waals surface area (Å²) in [6.07, 6.45) is 3.31. The highest BCUT2D eigenvalue weighted by molar-refractivity contribution is 4.89. The van der Waals surface area contributed by atoms with Gasteiger partial charge in [0.05, 0.1) is 25.4 Å². The summed E-state index contributed by atoms with van der Waals surface area (Å²) >= 11 is 0. The standard InChI is InChI=1S/C10H19NO3/c12-7-8(13)6-11-4-5-14-10-3-1-2-9(10)11/h8-10,12-13H,1-7H2. The first kappa shape index (κ1) is 10.4. The third kappa shape index (κ3) is 2.08. The smallest absolute Gasteiger partial charge is 0.0897 e. The molecule has 1 aliphatic carbocycles. The summed E-state index contributed by atoms with van der Waals surface area (Å²) in [5.74, 6) is 0. The zero-order chi connectivity index (χ0) is 9.97. The largest absolute Gasteiger partial charge is 0.394 e. The van der Waals surface area contributed by atoms with Crippen molar-refractivity contribution in [1.82, 2.24) is 4.90 Å². The summed E-state index contributed by atoms with van der Waals surface area (Å²) in [5.41, 5.74) is 0. The maximum Gasteiger partial charge on any atom is 0.0897 e. The van der Waals surface area contributed by atoms with E-state index in [1.54, 1.807) is 0 Å². The van der Waals surface area contributed by atoms with E-state index < -0.39 is 6.10 Å². The molecule has 3 unspecified atom stereocenters. The Balaban J connectivity index is 1.90. The lowest BCUT2D eigenvalue weighted by Gasteiger charge is -2.38. The minimum atomic E-state index is -0.602. The van der Waals surface area contributed by atoms with Gasteiger partial charge in [-0.05, 0) is 19.3 Å². The fraction of sp³-hybridized carbons (Fsp3) is 1.00. The second-order valence-corrected chi connectivity index (χ2v) is 4.24. The van der Waals surface area contributed by atoms with Gasteiger partial charge in [-0.1, -0.05) is 0 Å². The van der Waals surface area contributed by atoms with E-state index in [2.05, 4.69) is 4.90 Å². The Bertz CT molecular complexity index is 188. The van der Waals surface area contributed by atoms with Crippen molar-refractivity contribution in [1.29, 1.82) is 0 Å². The first-order chi connectivity index (χ1) is 6.81. The van der Waals surface area contributed by atoms with Gasteiger partial charge < -0.3 is 14.9 Å². The Labute approximate surface area is 84.5 Å². The van der Waals surface area contributed by atoms with Crippen molar-refractivity contribution in [3.8, 4) is 0 Å². The van der Waals surface area contributed by atoms with Crippen molar-refractivity contribution < 1.29 is 14.9 Å². The first-order valence-electron chi connectivity index (χ1n) is 5.46. The van der Waals surface area contributed by atoms with Crippen molar-refractivity contribution in [3.63, 3.8) is 0 Å². The molecule has 4 heteroatoms. The Morgan fingerprint density at radius 2 is 2.29 bits per heavy atom. The van der Waals surface area contributed by atoms with Gasteiger partial charge in [0.25, 0.3) is 0 Å². The van der Waals surface area contributed by atoms with Crippen molar-refractivity contribution in [2.45, 2.75) is 37.5 Å². The van der Waals surface area contributed by atoms with Crippen molar-refractivity contribution in [3.05, 3.63) is 0 Å². The zero-order valence-electron chi connectivity index (χ0n) is 8.43. The monoisotopic (exact) mass is 201 g/mol. The molecule has 0 spiro atoms. The number of rotatable bonds is 3. The molecule has 3 atom stereocenters. The van der Waals surface area contributed by atoms with E-state index in [4.69, 9.17) is 9.84 Å². The lowest BCUT2D eigenvalue weighted by Crippen LogP contribution is -2.51. The van der Waals surface area contributed by atoms with Crippen LogP contribution in [-0.2, 0) is 4.74 Å². The molecule has 1 heterocycles. The molecule has 0 aromatic rings. The van der Waals surface area contributed by atoms with Crippen LogP contribution in [0.4, 0.5) is 0 Å². The first-order valence-corrected chi connectivity index (χ1v) is 5.46. The molecule has 0 radical (unpaired) electrons. The molecule has 0 bridgehead atoms. The molecule has 4 nitrogen and oxygen atoms in total. The zero-order valence-corrected chi connectivity index (χ0v) is 8.43. The van der Waals surface area contributed by atoms with Gasteiger partial charge >= 0.3 is 0 Å². The van der Waals surface area contributed by atoms with Gasteiger partial charge in [0, 0.05) is 19.1 Å². The van der Waals surface area contributed by atoms with E-state index in [-0.39, 0.29) is 6.61 Å². The average Bonchev–Trinajstić information content (AvgIpc) is 2.66. The number of ether oxygens (including phenoxy) is 1. The van der Waals surface area contributed by atoms with Crippen molar-refractivity contribution >= 4 is 0 Å². The highest BCUT2D eigenvalue weighted by Crippen LogP contribution is 2.29. The Morgan fingerprint density at radius 1 is 1.43 bits per heavy atom. The highest BCUT2D eigenvalue weighted by Gasteiger charge is 2.36. The van der Waals surface area contributed by atoms with E-state index >= 15 is 0 Å². The molecule has 1 aliphatic heterocycles. The Hall–Kier alpha value is -0.160. The van der Waals surface area contributed by atoms with E-state index in [1.807, 2.05) is 0 Å². The number of aliphatic hydroxyl groups excluding tert-OH is 2. The molecule has 2 fully saturated rings. The van der Waals surface area contributed by atoms with Crippen LogP contribution in [0, 0.1) is 0 Å². The maximum atomic E-state index is 9.40. The van der Waals surface area contributed by atoms with Gasteiger partial charge in [0.2, 0.25) is 0 Å².